The van der Waals surface area contributed by atoms with Crippen LogP contribution in [-0.2, 0) is 6.42 Å². The average Bonchev–Trinajstić information content (AvgIpc) is 2.07. The van der Waals surface area contributed by atoms with Crippen LogP contribution in [-0.4, -0.2) is 17.1 Å². The van der Waals surface area contributed by atoms with Gasteiger partial charge in [-0.3, -0.25) is 4.98 Å². The van der Waals surface area contributed by atoms with Gasteiger partial charge < -0.3 is 4.74 Å². The van der Waals surface area contributed by atoms with Gasteiger partial charge in [-0.2, -0.15) is 0 Å². The van der Waals surface area contributed by atoms with Gasteiger partial charge in [0.1, 0.15) is 0 Å². The Balaban J connectivity index is 2.66. The van der Waals surface area contributed by atoms with Gasteiger partial charge >= 0.3 is 0 Å². The van der Waals surface area contributed by atoms with Crippen LogP contribution in [0.5, 0.6) is 5.88 Å². The molecule has 0 bridgehead atoms. The molecule has 0 radical (unpaired) electrons. The Morgan fingerprint density at radius 3 is 2.64 bits per heavy atom. The van der Waals surface area contributed by atoms with E-state index in [0.717, 1.165) is 18.5 Å². The van der Waals surface area contributed by atoms with Crippen LogP contribution >= 0.6 is 0 Å². The zero-order valence-corrected chi connectivity index (χ0v) is 6.87. The number of aromatic nitrogens is 2. The first-order chi connectivity index (χ1) is 5.36. The summed E-state index contributed by atoms with van der Waals surface area (Å²) in [6, 6.07) is 0. The third-order valence-electron chi connectivity index (χ3n) is 1.40. The minimum atomic E-state index is 0.574. The molecule has 0 N–H and O–H groups in total. The highest BCUT2D eigenvalue weighted by Crippen LogP contribution is 2.03. The summed E-state index contributed by atoms with van der Waals surface area (Å²) in [6.45, 7) is 2.12. The lowest BCUT2D eigenvalue weighted by molar-refractivity contribution is 0.395. The lowest BCUT2D eigenvalue weighted by Crippen LogP contribution is -1.93. The van der Waals surface area contributed by atoms with Crippen LogP contribution in [0, 0.1) is 0 Å². The lowest BCUT2D eigenvalue weighted by atomic mass is 10.3. The van der Waals surface area contributed by atoms with Crippen molar-refractivity contribution >= 4 is 0 Å². The van der Waals surface area contributed by atoms with Crippen LogP contribution in [0.15, 0.2) is 12.4 Å². The smallest absolute Gasteiger partial charge is 0.231 e. The molecule has 0 saturated carbocycles. The fourth-order valence-corrected chi connectivity index (χ4v) is 0.834. The summed E-state index contributed by atoms with van der Waals surface area (Å²) in [5, 5.41) is 0. The molecule has 0 spiro atoms. The molecule has 1 aromatic rings. The van der Waals surface area contributed by atoms with Crippen molar-refractivity contribution in [1.82, 2.24) is 9.97 Å². The van der Waals surface area contributed by atoms with Gasteiger partial charge in [0.25, 0.3) is 0 Å². The van der Waals surface area contributed by atoms with Gasteiger partial charge in [-0.1, -0.05) is 13.3 Å². The van der Waals surface area contributed by atoms with E-state index < -0.39 is 0 Å². The summed E-state index contributed by atoms with van der Waals surface area (Å²) < 4.78 is 4.87. The zero-order valence-electron chi connectivity index (χ0n) is 6.87. The second-order valence-corrected chi connectivity index (χ2v) is 2.30. The van der Waals surface area contributed by atoms with Crippen molar-refractivity contribution in [2.75, 3.05) is 7.11 Å². The molecule has 0 aromatic carbocycles. The first kappa shape index (κ1) is 7.98. The molecule has 3 nitrogen and oxygen atoms in total. The fourth-order valence-electron chi connectivity index (χ4n) is 0.834. The Labute approximate surface area is 66.4 Å². The summed E-state index contributed by atoms with van der Waals surface area (Å²) >= 11 is 0. The Hall–Kier alpha value is -1.12. The van der Waals surface area contributed by atoms with Gasteiger partial charge in [0, 0.05) is 0 Å². The summed E-state index contributed by atoms with van der Waals surface area (Å²) in [4.78, 5) is 8.18. The van der Waals surface area contributed by atoms with Crippen molar-refractivity contribution in [3.63, 3.8) is 0 Å². The first-order valence-electron chi connectivity index (χ1n) is 3.71. The minimum absolute atomic E-state index is 0.574. The van der Waals surface area contributed by atoms with Gasteiger partial charge in [-0.15, -0.1) is 0 Å². The standard InChI is InChI=1S/C8H12N2O/c1-3-4-7-5-10-8(11-2)6-9-7/h5-6H,3-4H2,1-2H3. The quantitative estimate of drug-likeness (QED) is 0.657. The Kier molecular flexibility index (Phi) is 2.83. The molecule has 3 heteroatoms. The molecule has 1 rings (SSSR count). The normalized spacial score (nSPS) is 9.64. The Bertz CT molecular complexity index is 208. The summed E-state index contributed by atoms with van der Waals surface area (Å²) in [5.41, 5.74) is 1.02. The maximum atomic E-state index is 4.87. The highest BCUT2D eigenvalue weighted by molar-refractivity contribution is 5.06. The van der Waals surface area contributed by atoms with Crippen molar-refractivity contribution in [1.29, 1.82) is 0 Å². The molecule has 1 aromatic heterocycles. The molecule has 60 valence electrons. The molecular formula is C8H12N2O. The maximum Gasteiger partial charge on any atom is 0.231 e. The molecule has 0 fully saturated rings. The zero-order chi connectivity index (χ0) is 8.10. The molecular weight excluding hydrogens is 140 g/mol. The van der Waals surface area contributed by atoms with Gasteiger partial charge in [-0.05, 0) is 6.42 Å². The van der Waals surface area contributed by atoms with Crippen molar-refractivity contribution in [2.45, 2.75) is 19.8 Å². The van der Waals surface area contributed by atoms with Gasteiger partial charge in [0.15, 0.2) is 0 Å². The van der Waals surface area contributed by atoms with Crippen LogP contribution < -0.4 is 4.74 Å². The second-order valence-electron chi connectivity index (χ2n) is 2.30. The number of aryl methyl sites for hydroxylation is 1. The molecule has 0 aliphatic rings. The van der Waals surface area contributed by atoms with Crippen LogP contribution in [0.2, 0.25) is 0 Å². The Morgan fingerprint density at radius 1 is 1.36 bits per heavy atom. The number of nitrogens with zero attached hydrogens (tertiary/aromatic N) is 2. The lowest BCUT2D eigenvalue weighted by Gasteiger charge is -1.98. The monoisotopic (exact) mass is 152 g/mol. The highest BCUT2D eigenvalue weighted by atomic mass is 16.5. The van der Waals surface area contributed by atoms with E-state index in [-0.39, 0.29) is 0 Å². The largest absolute Gasteiger partial charge is 0.480 e. The second kappa shape index (κ2) is 3.91. The van der Waals surface area contributed by atoms with Gasteiger partial charge in [-0.25, -0.2) is 4.98 Å². The Morgan fingerprint density at radius 2 is 2.18 bits per heavy atom. The summed E-state index contributed by atoms with van der Waals surface area (Å²) in [5.74, 6) is 0.574. The van der Waals surface area contributed by atoms with E-state index in [9.17, 15) is 0 Å². The fraction of sp³-hybridized carbons (Fsp3) is 0.500. The van der Waals surface area contributed by atoms with Gasteiger partial charge in [0.05, 0.1) is 25.2 Å². The van der Waals surface area contributed by atoms with Crippen molar-refractivity contribution in [3.8, 4) is 5.88 Å². The van der Waals surface area contributed by atoms with Crippen molar-refractivity contribution in [3.05, 3.63) is 18.1 Å². The van der Waals surface area contributed by atoms with Crippen molar-refractivity contribution < 1.29 is 4.74 Å². The number of ether oxygens (including phenoxy) is 1. The maximum absolute atomic E-state index is 4.87. The van der Waals surface area contributed by atoms with Crippen LogP contribution in [0.25, 0.3) is 0 Å². The molecule has 1 heterocycles. The number of hydrogen-bond acceptors (Lipinski definition) is 3. The molecule has 0 saturated heterocycles. The van der Waals surface area contributed by atoms with E-state index in [1.807, 2.05) is 0 Å². The van der Waals surface area contributed by atoms with E-state index in [4.69, 9.17) is 4.74 Å². The average molecular weight is 152 g/mol. The van der Waals surface area contributed by atoms with Crippen LogP contribution in [0.4, 0.5) is 0 Å². The predicted octanol–water partition coefficient (Wildman–Crippen LogP) is 1.44. The molecule has 0 amide bonds. The summed E-state index contributed by atoms with van der Waals surface area (Å²) in [7, 11) is 1.59. The molecule has 0 unspecified atom stereocenters. The minimum Gasteiger partial charge on any atom is -0.480 e. The van der Waals surface area contributed by atoms with E-state index in [2.05, 4.69) is 16.9 Å². The van der Waals surface area contributed by atoms with E-state index in [0.29, 0.717) is 5.88 Å². The topological polar surface area (TPSA) is 35.0 Å². The van der Waals surface area contributed by atoms with Gasteiger partial charge in [0.2, 0.25) is 5.88 Å². The molecule has 0 aliphatic heterocycles. The highest BCUT2D eigenvalue weighted by Gasteiger charge is 1.94. The van der Waals surface area contributed by atoms with Crippen molar-refractivity contribution in [2.24, 2.45) is 0 Å². The van der Waals surface area contributed by atoms with E-state index >= 15 is 0 Å². The third-order valence-corrected chi connectivity index (χ3v) is 1.40. The number of hydrogen-bond donors (Lipinski definition) is 0. The van der Waals surface area contributed by atoms with E-state index in [1.165, 1.54) is 0 Å². The SMILES string of the molecule is CCCc1cnc(OC)cn1. The van der Waals surface area contributed by atoms with E-state index in [1.54, 1.807) is 19.5 Å². The first-order valence-corrected chi connectivity index (χ1v) is 3.71. The molecule has 11 heavy (non-hydrogen) atoms. The summed E-state index contributed by atoms with van der Waals surface area (Å²) in [6.07, 6.45) is 5.48. The third kappa shape index (κ3) is 2.18. The van der Waals surface area contributed by atoms with Crippen LogP contribution in [0.3, 0.4) is 0 Å². The predicted molar refractivity (Wildman–Crippen MR) is 42.6 cm³/mol. The molecule has 0 atom stereocenters. The number of rotatable bonds is 3. The van der Waals surface area contributed by atoms with Crippen LogP contribution in [0.1, 0.15) is 19.0 Å². The number of methoxy groups -OCH3 is 1. The molecule has 0 aliphatic carbocycles.